The Hall–Kier alpha value is -2.54. The van der Waals surface area contributed by atoms with Gasteiger partial charge in [-0.25, -0.2) is 14.8 Å². The number of carbonyl (C=O) groups is 1. The number of benzene rings is 1. The number of hydrogen-bond donors (Lipinski definition) is 0. The van der Waals surface area contributed by atoms with Crippen molar-refractivity contribution in [3.63, 3.8) is 0 Å². The molecule has 2 rings (SSSR count). The van der Waals surface area contributed by atoms with Gasteiger partial charge in [0.2, 0.25) is 5.88 Å². The van der Waals surface area contributed by atoms with Crippen molar-refractivity contribution < 1.29 is 19.0 Å². The van der Waals surface area contributed by atoms with Crippen LogP contribution in [-0.4, -0.2) is 36.4 Å². The first-order valence-corrected chi connectivity index (χ1v) is 7.86. The van der Waals surface area contributed by atoms with Crippen molar-refractivity contribution in [2.24, 2.45) is 0 Å². The number of para-hydroxylation sites is 1. The summed E-state index contributed by atoms with van der Waals surface area (Å²) in [6, 6.07) is 8.80. The summed E-state index contributed by atoms with van der Waals surface area (Å²) >= 11 is 1.48. The highest BCUT2D eigenvalue weighted by Crippen LogP contribution is 2.30. The Morgan fingerprint density at radius 3 is 2.70 bits per heavy atom. The summed E-state index contributed by atoms with van der Waals surface area (Å²) in [7, 11) is 2.77. The van der Waals surface area contributed by atoms with Crippen LogP contribution in [0.5, 0.6) is 11.6 Å². The lowest BCUT2D eigenvalue weighted by molar-refractivity contribution is -0.133. The molecule has 1 aromatic heterocycles. The molecule has 6 nitrogen and oxygen atoms in total. The van der Waals surface area contributed by atoms with Gasteiger partial charge in [-0.1, -0.05) is 18.2 Å². The van der Waals surface area contributed by atoms with Crippen LogP contribution in [0.15, 0.2) is 47.9 Å². The molecule has 7 heteroatoms. The Labute approximate surface area is 138 Å². The average molecular weight is 332 g/mol. The van der Waals surface area contributed by atoms with Crippen molar-refractivity contribution in [3.8, 4) is 11.6 Å². The molecule has 23 heavy (non-hydrogen) atoms. The highest BCUT2D eigenvalue weighted by Gasteiger charge is 2.18. The standard InChI is InChI=1S/C16H16N2O4S/c1-20-9-12(16(19)21-2)11-6-4-5-7-13(11)22-14-8-15(23-3)18-10-17-14/h4-10H,1-3H3/b12-9+. The summed E-state index contributed by atoms with van der Waals surface area (Å²) < 4.78 is 15.6. The van der Waals surface area contributed by atoms with E-state index in [0.29, 0.717) is 17.2 Å². The van der Waals surface area contributed by atoms with Crippen molar-refractivity contribution in [1.82, 2.24) is 9.97 Å². The van der Waals surface area contributed by atoms with Crippen LogP contribution >= 0.6 is 11.8 Å². The minimum absolute atomic E-state index is 0.254. The molecule has 0 N–H and O–H groups in total. The molecule has 0 atom stereocenters. The number of esters is 1. The largest absolute Gasteiger partial charge is 0.503 e. The monoisotopic (exact) mass is 332 g/mol. The molecule has 0 saturated carbocycles. The smallest absolute Gasteiger partial charge is 0.341 e. The topological polar surface area (TPSA) is 70.5 Å². The molecule has 0 radical (unpaired) electrons. The Balaban J connectivity index is 2.40. The quantitative estimate of drug-likeness (QED) is 0.264. The van der Waals surface area contributed by atoms with Crippen molar-refractivity contribution >= 4 is 23.3 Å². The fourth-order valence-electron chi connectivity index (χ4n) is 1.83. The van der Waals surface area contributed by atoms with E-state index < -0.39 is 5.97 Å². The summed E-state index contributed by atoms with van der Waals surface area (Å²) in [5.41, 5.74) is 0.801. The van der Waals surface area contributed by atoms with E-state index in [4.69, 9.17) is 14.2 Å². The number of rotatable bonds is 6. The van der Waals surface area contributed by atoms with E-state index in [1.807, 2.05) is 6.26 Å². The highest BCUT2D eigenvalue weighted by molar-refractivity contribution is 7.98. The molecule has 0 bridgehead atoms. The van der Waals surface area contributed by atoms with Crippen molar-refractivity contribution in [2.75, 3.05) is 20.5 Å². The summed E-state index contributed by atoms with van der Waals surface area (Å²) in [6.07, 6.45) is 4.66. The molecule has 0 amide bonds. The van der Waals surface area contributed by atoms with E-state index in [1.165, 1.54) is 38.6 Å². The zero-order chi connectivity index (χ0) is 16.7. The summed E-state index contributed by atoms with van der Waals surface area (Å²) in [5, 5.41) is 0.785. The van der Waals surface area contributed by atoms with Gasteiger partial charge in [0.1, 0.15) is 22.7 Å². The number of carbonyl (C=O) groups excluding carboxylic acids is 1. The lowest BCUT2D eigenvalue weighted by Crippen LogP contribution is -2.06. The molecule has 0 spiro atoms. The maximum atomic E-state index is 12.0. The van der Waals surface area contributed by atoms with Crippen molar-refractivity contribution in [2.45, 2.75) is 5.03 Å². The fourth-order valence-corrected chi connectivity index (χ4v) is 2.20. The second kappa shape index (κ2) is 8.19. The second-order valence-electron chi connectivity index (χ2n) is 4.26. The third-order valence-corrected chi connectivity index (χ3v) is 3.50. The molecule has 0 unspecified atom stereocenters. The third kappa shape index (κ3) is 4.23. The maximum absolute atomic E-state index is 12.0. The molecular formula is C16H16N2O4S. The molecule has 0 aliphatic heterocycles. The molecule has 0 aliphatic carbocycles. The molecule has 0 saturated heterocycles. The highest BCUT2D eigenvalue weighted by atomic mass is 32.2. The molecule has 1 heterocycles. The lowest BCUT2D eigenvalue weighted by atomic mass is 10.1. The molecule has 0 fully saturated rings. The number of thioether (sulfide) groups is 1. The predicted molar refractivity (Wildman–Crippen MR) is 87.3 cm³/mol. The zero-order valence-electron chi connectivity index (χ0n) is 13.0. The SMILES string of the molecule is CO/C=C(/C(=O)OC)c1ccccc1Oc1cc(SC)ncn1. The number of hydrogen-bond acceptors (Lipinski definition) is 7. The summed E-state index contributed by atoms with van der Waals surface area (Å²) in [4.78, 5) is 20.1. The Morgan fingerprint density at radius 1 is 1.22 bits per heavy atom. The summed E-state index contributed by atoms with van der Waals surface area (Å²) in [6.45, 7) is 0. The van der Waals surface area contributed by atoms with Gasteiger partial charge in [0.15, 0.2) is 0 Å². The van der Waals surface area contributed by atoms with Crippen LogP contribution in [0.25, 0.3) is 5.57 Å². The Kier molecular flexibility index (Phi) is 5.99. The van der Waals surface area contributed by atoms with E-state index in [0.717, 1.165) is 5.03 Å². The van der Waals surface area contributed by atoms with Crippen LogP contribution in [0, 0.1) is 0 Å². The number of aromatic nitrogens is 2. The number of nitrogens with zero attached hydrogens (tertiary/aromatic N) is 2. The van der Waals surface area contributed by atoms with Gasteiger partial charge in [0, 0.05) is 11.6 Å². The normalized spacial score (nSPS) is 11.0. The molecule has 2 aromatic rings. The van der Waals surface area contributed by atoms with E-state index in [1.54, 1.807) is 30.3 Å². The average Bonchev–Trinajstić information content (AvgIpc) is 2.60. The van der Waals surface area contributed by atoms with Crippen LogP contribution in [0.1, 0.15) is 5.56 Å². The van der Waals surface area contributed by atoms with Crippen LogP contribution < -0.4 is 4.74 Å². The maximum Gasteiger partial charge on any atom is 0.341 e. The van der Waals surface area contributed by atoms with Crippen LogP contribution in [0.2, 0.25) is 0 Å². The van der Waals surface area contributed by atoms with E-state index in [-0.39, 0.29) is 5.57 Å². The minimum Gasteiger partial charge on any atom is -0.503 e. The van der Waals surface area contributed by atoms with Gasteiger partial charge in [-0.15, -0.1) is 11.8 Å². The zero-order valence-corrected chi connectivity index (χ0v) is 13.8. The lowest BCUT2D eigenvalue weighted by Gasteiger charge is -2.12. The van der Waals surface area contributed by atoms with Gasteiger partial charge in [0.25, 0.3) is 0 Å². The Morgan fingerprint density at radius 2 is 2.00 bits per heavy atom. The molecular weight excluding hydrogens is 316 g/mol. The van der Waals surface area contributed by atoms with Gasteiger partial charge >= 0.3 is 5.97 Å². The third-order valence-electron chi connectivity index (χ3n) is 2.86. The number of ether oxygens (including phenoxy) is 3. The van der Waals surface area contributed by atoms with Crippen LogP contribution in [-0.2, 0) is 14.3 Å². The van der Waals surface area contributed by atoms with Gasteiger partial charge in [-0.05, 0) is 12.3 Å². The van der Waals surface area contributed by atoms with E-state index in [2.05, 4.69) is 9.97 Å². The van der Waals surface area contributed by atoms with Gasteiger partial charge in [-0.3, -0.25) is 0 Å². The van der Waals surface area contributed by atoms with Crippen molar-refractivity contribution in [3.05, 3.63) is 48.5 Å². The first kappa shape index (κ1) is 16.8. The molecule has 120 valence electrons. The fraction of sp³-hybridized carbons (Fsp3) is 0.188. The van der Waals surface area contributed by atoms with E-state index >= 15 is 0 Å². The minimum atomic E-state index is -0.518. The molecule has 1 aromatic carbocycles. The molecule has 0 aliphatic rings. The number of methoxy groups -OCH3 is 2. The van der Waals surface area contributed by atoms with Gasteiger partial charge in [0.05, 0.1) is 20.5 Å². The Bertz CT molecular complexity index is 719. The van der Waals surface area contributed by atoms with Crippen LogP contribution in [0.4, 0.5) is 0 Å². The van der Waals surface area contributed by atoms with E-state index in [9.17, 15) is 4.79 Å². The van der Waals surface area contributed by atoms with Crippen LogP contribution in [0.3, 0.4) is 0 Å². The van der Waals surface area contributed by atoms with Crippen molar-refractivity contribution in [1.29, 1.82) is 0 Å². The van der Waals surface area contributed by atoms with Gasteiger partial charge in [-0.2, -0.15) is 0 Å². The van der Waals surface area contributed by atoms with Gasteiger partial charge < -0.3 is 14.2 Å². The first-order chi connectivity index (χ1) is 11.2. The second-order valence-corrected chi connectivity index (χ2v) is 5.08. The summed E-state index contributed by atoms with van der Waals surface area (Å²) in [5.74, 6) is 0.334. The first-order valence-electron chi connectivity index (χ1n) is 6.64. The predicted octanol–water partition coefficient (Wildman–Crippen LogP) is 3.15.